The van der Waals surface area contributed by atoms with Gasteiger partial charge in [0, 0.05) is 17.9 Å². The molecule has 2 aromatic rings. The lowest BCUT2D eigenvalue weighted by molar-refractivity contribution is 0.0526. The summed E-state index contributed by atoms with van der Waals surface area (Å²) < 4.78 is 23.7. The topological polar surface area (TPSA) is 89.0 Å². The van der Waals surface area contributed by atoms with Crippen LogP contribution in [0.25, 0.3) is 0 Å². The van der Waals surface area contributed by atoms with Crippen molar-refractivity contribution in [2.75, 3.05) is 25.1 Å². The normalized spacial score (nSPS) is 16.2. The Hall–Kier alpha value is -3.26. The fraction of sp³-hybridized carbons (Fsp3) is 0.318. The van der Waals surface area contributed by atoms with Crippen LogP contribution in [0.15, 0.2) is 53.5 Å². The van der Waals surface area contributed by atoms with E-state index in [9.17, 15) is 14.0 Å². The van der Waals surface area contributed by atoms with Gasteiger partial charge in [-0.05, 0) is 68.3 Å². The number of carbonyl (C=O) groups is 2. The SMILES string of the molecule is CCOC(=O)c1ccc(NC(=NC[C@@H]2CCCO2)NC(=O)c2ccc(F)cc2)cc1. The van der Waals surface area contributed by atoms with Crippen molar-refractivity contribution in [2.45, 2.75) is 25.9 Å². The zero-order chi connectivity index (χ0) is 21.3. The first-order chi connectivity index (χ1) is 14.5. The monoisotopic (exact) mass is 413 g/mol. The molecule has 2 aromatic carbocycles. The van der Waals surface area contributed by atoms with Crippen LogP contribution < -0.4 is 10.6 Å². The molecule has 3 rings (SSSR count). The zero-order valence-electron chi connectivity index (χ0n) is 16.7. The van der Waals surface area contributed by atoms with Crippen LogP contribution in [0.5, 0.6) is 0 Å². The number of guanidine groups is 1. The van der Waals surface area contributed by atoms with Gasteiger partial charge < -0.3 is 14.8 Å². The lowest BCUT2D eigenvalue weighted by Gasteiger charge is -2.14. The molecule has 1 heterocycles. The predicted octanol–water partition coefficient (Wildman–Crippen LogP) is 3.38. The molecular formula is C22H24FN3O4. The number of ether oxygens (including phenoxy) is 2. The van der Waals surface area contributed by atoms with E-state index >= 15 is 0 Å². The van der Waals surface area contributed by atoms with Crippen molar-refractivity contribution in [1.82, 2.24) is 5.32 Å². The lowest BCUT2D eigenvalue weighted by atomic mass is 10.2. The third-order valence-corrected chi connectivity index (χ3v) is 4.47. The quantitative estimate of drug-likeness (QED) is 0.431. The fourth-order valence-electron chi connectivity index (χ4n) is 2.91. The van der Waals surface area contributed by atoms with Crippen LogP contribution in [-0.4, -0.2) is 43.7 Å². The van der Waals surface area contributed by atoms with Crippen molar-refractivity contribution in [3.8, 4) is 0 Å². The number of nitrogens with one attached hydrogen (secondary N) is 2. The first kappa shape index (κ1) is 21.4. The highest BCUT2D eigenvalue weighted by Crippen LogP contribution is 2.13. The summed E-state index contributed by atoms with van der Waals surface area (Å²) in [5.41, 5.74) is 1.37. The summed E-state index contributed by atoms with van der Waals surface area (Å²) >= 11 is 0. The number of anilines is 1. The standard InChI is InChI=1S/C22H24FN3O4/c1-2-29-21(28)16-7-11-18(12-8-16)25-22(24-14-19-4-3-13-30-19)26-20(27)15-5-9-17(23)10-6-15/h5-12,19H,2-4,13-14H2,1H3,(H2,24,25,26,27)/t19-/m0/s1. The van der Waals surface area contributed by atoms with Crippen molar-refractivity contribution in [2.24, 2.45) is 4.99 Å². The summed E-state index contributed by atoms with van der Waals surface area (Å²) in [5, 5.41) is 5.76. The Morgan fingerprint density at radius 2 is 1.83 bits per heavy atom. The lowest BCUT2D eigenvalue weighted by Crippen LogP contribution is -2.36. The van der Waals surface area contributed by atoms with Crippen molar-refractivity contribution in [3.05, 3.63) is 65.5 Å². The molecule has 2 N–H and O–H groups in total. The Labute approximate surface area is 174 Å². The summed E-state index contributed by atoms with van der Waals surface area (Å²) in [7, 11) is 0. The first-order valence-electron chi connectivity index (χ1n) is 9.82. The molecule has 1 saturated heterocycles. The Morgan fingerprint density at radius 1 is 1.13 bits per heavy atom. The molecule has 1 aliphatic heterocycles. The van der Waals surface area contributed by atoms with E-state index in [1.54, 1.807) is 31.2 Å². The van der Waals surface area contributed by atoms with Gasteiger partial charge >= 0.3 is 5.97 Å². The molecule has 1 amide bonds. The predicted molar refractivity (Wildman–Crippen MR) is 111 cm³/mol. The van der Waals surface area contributed by atoms with Crippen molar-refractivity contribution >= 4 is 23.5 Å². The number of hydrogen-bond donors (Lipinski definition) is 2. The van der Waals surface area contributed by atoms with Gasteiger partial charge in [0.05, 0.1) is 24.8 Å². The molecule has 8 heteroatoms. The molecular weight excluding hydrogens is 389 g/mol. The van der Waals surface area contributed by atoms with Gasteiger partial charge in [0.1, 0.15) is 5.82 Å². The van der Waals surface area contributed by atoms with E-state index < -0.39 is 17.7 Å². The number of carbonyl (C=O) groups excluding carboxylic acids is 2. The minimum Gasteiger partial charge on any atom is -0.462 e. The molecule has 7 nitrogen and oxygen atoms in total. The Bertz CT molecular complexity index is 892. The molecule has 0 saturated carbocycles. The number of benzene rings is 2. The van der Waals surface area contributed by atoms with Crippen LogP contribution in [0.1, 0.15) is 40.5 Å². The van der Waals surface area contributed by atoms with Crippen LogP contribution in [0.3, 0.4) is 0 Å². The first-order valence-corrected chi connectivity index (χ1v) is 9.82. The summed E-state index contributed by atoms with van der Waals surface area (Å²) in [5.74, 6) is -1.000. The van der Waals surface area contributed by atoms with Gasteiger partial charge in [-0.3, -0.25) is 10.1 Å². The number of nitrogens with zero attached hydrogens (tertiary/aromatic N) is 1. The molecule has 0 aromatic heterocycles. The fourth-order valence-corrected chi connectivity index (χ4v) is 2.91. The van der Waals surface area contributed by atoms with Crippen molar-refractivity contribution in [1.29, 1.82) is 0 Å². The molecule has 1 atom stereocenters. The highest BCUT2D eigenvalue weighted by Gasteiger charge is 2.16. The number of amides is 1. The van der Waals surface area contributed by atoms with Gasteiger partial charge in [0.2, 0.25) is 5.96 Å². The smallest absolute Gasteiger partial charge is 0.338 e. The van der Waals surface area contributed by atoms with E-state index in [0.29, 0.717) is 36.6 Å². The Balaban J connectivity index is 1.71. The zero-order valence-corrected chi connectivity index (χ0v) is 16.7. The Morgan fingerprint density at radius 3 is 2.47 bits per heavy atom. The van der Waals surface area contributed by atoms with Crippen LogP contribution in [-0.2, 0) is 9.47 Å². The molecule has 0 spiro atoms. The van der Waals surface area contributed by atoms with E-state index in [4.69, 9.17) is 9.47 Å². The number of aliphatic imine (C=N–C) groups is 1. The minimum atomic E-state index is -0.420. The highest BCUT2D eigenvalue weighted by atomic mass is 19.1. The summed E-state index contributed by atoms with van der Waals surface area (Å²) in [6.45, 7) is 3.15. The molecule has 0 radical (unpaired) electrons. The van der Waals surface area contributed by atoms with E-state index in [1.807, 2.05) is 0 Å². The molecule has 1 aliphatic rings. The van der Waals surface area contributed by atoms with E-state index in [0.717, 1.165) is 12.8 Å². The minimum absolute atomic E-state index is 0.00992. The number of rotatable bonds is 6. The van der Waals surface area contributed by atoms with E-state index in [1.165, 1.54) is 24.3 Å². The van der Waals surface area contributed by atoms with Gasteiger partial charge in [-0.2, -0.15) is 0 Å². The van der Waals surface area contributed by atoms with Crippen LogP contribution in [0.2, 0.25) is 0 Å². The third-order valence-electron chi connectivity index (χ3n) is 4.47. The molecule has 158 valence electrons. The van der Waals surface area contributed by atoms with Gasteiger partial charge in [-0.25, -0.2) is 14.2 Å². The van der Waals surface area contributed by atoms with E-state index in [-0.39, 0.29) is 12.1 Å². The van der Waals surface area contributed by atoms with Crippen LogP contribution >= 0.6 is 0 Å². The third kappa shape index (κ3) is 6.12. The highest BCUT2D eigenvalue weighted by molar-refractivity contribution is 6.10. The number of halogens is 1. The maximum Gasteiger partial charge on any atom is 0.338 e. The van der Waals surface area contributed by atoms with Crippen molar-refractivity contribution in [3.63, 3.8) is 0 Å². The van der Waals surface area contributed by atoms with Gasteiger partial charge in [0.25, 0.3) is 5.91 Å². The molecule has 0 aliphatic carbocycles. The maximum atomic E-state index is 13.1. The maximum absolute atomic E-state index is 13.1. The van der Waals surface area contributed by atoms with Crippen LogP contribution in [0.4, 0.5) is 10.1 Å². The second-order valence-corrected chi connectivity index (χ2v) is 6.71. The molecule has 30 heavy (non-hydrogen) atoms. The van der Waals surface area contributed by atoms with E-state index in [2.05, 4.69) is 15.6 Å². The second kappa shape index (κ2) is 10.5. The van der Waals surface area contributed by atoms with Gasteiger partial charge in [0.15, 0.2) is 0 Å². The summed E-state index contributed by atoms with van der Waals surface area (Å²) in [6, 6.07) is 11.9. The largest absolute Gasteiger partial charge is 0.462 e. The van der Waals surface area contributed by atoms with Crippen LogP contribution in [0, 0.1) is 5.82 Å². The van der Waals surface area contributed by atoms with Crippen molar-refractivity contribution < 1.29 is 23.5 Å². The number of hydrogen-bond acceptors (Lipinski definition) is 5. The van der Waals surface area contributed by atoms with Gasteiger partial charge in [-0.15, -0.1) is 0 Å². The average Bonchev–Trinajstić information content (AvgIpc) is 3.27. The van der Waals surface area contributed by atoms with Gasteiger partial charge in [-0.1, -0.05) is 0 Å². The summed E-state index contributed by atoms with van der Waals surface area (Å²) in [6.07, 6.45) is 1.91. The Kier molecular flexibility index (Phi) is 7.51. The molecule has 0 unspecified atom stereocenters. The number of esters is 1. The second-order valence-electron chi connectivity index (χ2n) is 6.71. The molecule has 1 fully saturated rings. The average molecular weight is 413 g/mol. The molecule has 0 bridgehead atoms. The summed E-state index contributed by atoms with van der Waals surface area (Å²) in [4.78, 5) is 28.8.